The van der Waals surface area contributed by atoms with Crippen molar-refractivity contribution in [2.24, 2.45) is 0 Å². The number of imide groups is 1. The van der Waals surface area contributed by atoms with Gasteiger partial charge in [-0.25, -0.2) is 14.7 Å². The molecule has 2 heterocycles. The molecule has 0 radical (unpaired) electrons. The standard InChI is InChI=1S/C22H13IN4O3S/c23-12-5-7-13(8-6-12)24-21(30)25-14-9-10-17-18(11-14)31-22(26-17)27-19(28)15-3-1-2-4-16(15)20(27)29/h1-11H,(H2,24,25,30). The quantitative estimate of drug-likeness (QED) is 0.271. The normalized spacial score (nSPS) is 12.9. The molecule has 7 nitrogen and oxygen atoms in total. The van der Waals surface area contributed by atoms with Gasteiger partial charge in [0, 0.05) is 14.9 Å². The summed E-state index contributed by atoms with van der Waals surface area (Å²) in [5.74, 6) is -0.759. The number of urea groups is 1. The molecule has 0 spiro atoms. The molecule has 31 heavy (non-hydrogen) atoms. The van der Waals surface area contributed by atoms with Crippen molar-refractivity contribution in [2.75, 3.05) is 15.5 Å². The van der Waals surface area contributed by atoms with Crippen LogP contribution in [0, 0.1) is 3.57 Å². The van der Waals surface area contributed by atoms with E-state index < -0.39 is 0 Å². The first-order chi connectivity index (χ1) is 15.0. The molecule has 9 heteroatoms. The zero-order valence-electron chi connectivity index (χ0n) is 15.8. The maximum atomic E-state index is 12.7. The molecule has 0 saturated carbocycles. The monoisotopic (exact) mass is 540 g/mol. The van der Waals surface area contributed by atoms with Crippen molar-refractivity contribution in [3.05, 3.63) is 81.4 Å². The highest BCUT2D eigenvalue weighted by Crippen LogP contribution is 2.35. The number of carbonyl (C=O) groups excluding carboxylic acids is 3. The number of nitrogens with one attached hydrogen (secondary N) is 2. The van der Waals surface area contributed by atoms with Gasteiger partial charge in [-0.05, 0) is 77.2 Å². The molecule has 4 aromatic rings. The molecular weight excluding hydrogens is 527 g/mol. The van der Waals surface area contributed by atoms with Crippen LogP contribution in [0.3, 0.4) is 0 Å². The first-order valence-corrected chi connectivity index (χ1v) is 11.1. The summed E-state index contributed by atoms with van der Waals surface area (Å²) in [6, 6.07) is 19.0. The summed E-state index contributed by atoms with van der Waals surface area (Å²) in [6.07, 6.45) is 0. The first-order valence-electron chi connectivity index (χ1n) is 9.21. The van der Waals surface area contributed by atoms with Gasteiger partial charge in [0.1, 0.15) is 0 Å². The second-order valence-corrected chi connectivity index (χ2v) is 9.01. The van der Waals surface area contributed by atoms with E-state index in [4.69, 9.17) is 0 Å². The Balaban J connectivity index is 1.37. The van der Waals surface area contributed by atoms with Crippen LogP contribution in [0.5, 0.6) is 0 Å². The van der Waals surface area contributed by atoms with Crippen molar-refractivity contribution in [3.63, 3.8) is 0 Å². The zero-order valence-corrected chi connectivity index (χ0v) is 18.7. The minimum Gasteiger partial charge on any atom is -0.308 e. The van der Waals surface area contributed by atoms with Gasteiger partial charge in [0.05, 0.1) is 21.3 Å². The predicted octanol–water partition coefficient (Wildman–Crippen LogP) is 5.35. The van der Waals surface area contributed by atoms with Crippen LogP contribution < -0.4 is 15.5 Å². The van der Waals surface area contributed by atoms with E-state index in [1.807, 2.05) is 24.3 Å². The molecule has 152 valence electrons. The second-order valence-electron chi connectivity index (χ2n) is 6.76. The number of hydrogen-bond donors (Lipinski definition) is 2. The number of rotatable bonds is 3. The molecule has 2 N–H and O–H groups in total. The van der Waals surface area contributed by atoms with Gasteiger partial charge in [-0.3, -0.25) is 9.59 Å². The minimum absolute atomic E-state index is 0.307. The van der Waals surface area contributed by atoms with Crippen LogP contribution >= 0.6 is 33.9 Å². The van der Waals surface area contributed by atoms with E-state index >= 15 is 0 Å². The molecule has 0 unspecified atom stereocenters. The summed E-state index contributed by atoms with van der Waals surface area (Å²) in [4.78, 5) is 43.2. The van der Waals surface area contributed by atoms with Gasteiger partial charge in [0.25, 0.3) is 11.8 Å². The lowest BCUT2D eigenvalue weighted by Crippen LogP contribution is -2.29. The van der Waals surface area contributed by atoms with Crippen molar-refractivity contribution in [1.29, 1.82) is 0 Å². The lowest BCUT2D eigenvalue weighted by atomic mass is 10.1. The third-order valence-electron chi connectivity index (χ3n) is 4.72. The third-order valence-corrected chi connectivity index (χ3v) is 6.44. The number of halogens is 1. The van der Waals surface area contributed by atoms with Crippen LogP contribution in [0.25, 0.3) is 10.2 Å². The Hall–Kier alpha value is -3.31. The second kappa shape index (κ2) is 7.75. The summed E-state index contributed by atoms with van der Waals surface area (Å²) in [5.41, 5.74) is 2.65. The maximum absolute atomic E-state index is 12.7. The number of hydrogen-bond acceptors (Lipinski definition) is 5. The molecule has 3 aromatic carbocycles. The fourth-order valence-corrected chi connectivity index (χ4v) is 4.64. The van der Waals surface area contributed by atoms with Crippen molar-refractivity contribution < 1.29 is 14.4 Å². The Morgan fingerprint density at radius 3 is 2.16 bits per heavy atom. The predicted molar refractivity (Wildman–Crippen MR) is 129 cm³/mol. The third kappa shape index (κ3) is 3.66. The molecule has 0 fully saturated rings. The molecule has 0 saturated heterocycles. The number of anilines is 3. The van der Waals surface area contributed by atoms with Gasteiger partial charge in [-0.1, -0.05) is 23.5 Å². The molecule has 1 aromatic heterocycles. The summed E-state index contributed by atoms with van der Waals surface area (Å²) >= 11 is 3.42. The van der Waals surface area contributed by atoms with E-state index in [1.165, 1.54) is 11.3 Å². The number of thiazole rings is 1. The first kappa shape index (κ1) is 19.6. The van der Waals surface area contributed by atoms with E-state index in [9.17, 15) is 14.4 Å². The highest BCUT2D eigenvalue weighted by molar-refractivity contribution is 14.1. The molecule has 0 aliphatic carbocycles. The molecule has 1 aliphatic heterocycles. The molecule has 0 bridgehead atoms. The number of aromatic nitrogens is 1. The summed E-state index contributed by atoms with van der Waals surface area (Å²) < 4.78 is 1.83. The van der Waals surface area contributed by atoms with E-state index in [0.29, 0.717) is 33.1 Å². The lowest BCUT2D eigenvalue weighted by Gasteiger charge is -2.08. The van der Waals surface area contributed by atoms with Gasteiger partial charge in [-0.15, -0.1) is 0 Å². The van der Waals surface area contributed by atoms with Crippen LogP contribution in [0.4, 0.5) is 21.3 Å². The average Bonchev–Trinajstić information content (AvgIpc) is 3.28. The Bertz CT molecular complexity index is 1330. The van der Waals surface area contributed by atoms with Crippen LogP contribution in [-0.2, 0) is 0 Å². The smallest absolute Gasteiger partial charge is 0.308 e. The largest absolute Gasteiger partial charge is 0.323 e. The topological polar surface area (TPSA) is 91.4 Å². The fourth-order valence-electron chi connectivity index (χ4n) is 3.28. The Morgan fingerprint density at radius 2 is 1.48 bits per heavy atom. The van der Waals surface area contributed by atoms with Crippen molar-refractivity contribution in [2.45, 2.75) is 0 Å². The van der Waals surface area contributed by atoms with Gasteiger partial charge < -0.3 is 10.6 Å². The SMILES string of the molecule is O=C(Nc1ccc(I)cc1)Nc1ccc2nc(N3C(=O)c4ccccc4C3=O)sc2c1. The van der Waals surface area contributed by atoms with Crippen molar-refractivity contribution in [3.8, 4) is 0 Å². The fraction of sp³-hybridized carbons (Fsp3) is 0. The molecular formula is C22H13IN4O3S. The number of benzene rings is 3. The number of nitrogens with zero attached hydrogens (tertiary/aromatic N) is 2. The van der Waals surface area contributed by atoms with E-state index in [1.54, 1.807) is 42.5 Å². The van der Waals surface area contributed by atoms with E-state index in [2.05, 4.69) is 38.2 Å². The number of carbonyl (C=O) groups is 3. The van der Waals surface area contributed by atoms with E-state index in [0.717, 1.165) is 13.2 Å². The number of fused-ring (bicyclic) bond motifs is 2. The average molecular weight is 540 g/mol. The lowest BCUT2D eigenvalue weighted by molar-refractivity contribution is 0.0926. The minimum atomic E-state index is -0.380. The molecule has 1 aliphatic rings. The Labute approximate surface area is 194 Å². The van der Waals surface area contributed by atoms with Gasteiger partial charge in [0.2, 0.25) is 5.13 Å². The van der Waals surface area contributed by atoms with Crippen molar-refractivity contribution in [1.82, 2.24) is 4.98 Å². The Morgan fingerprint density at radius 1 is 0.871 bits per heavy atom. The summed E-state index contributed by atoms with van der Waals surface area (Å²) in [7, 11) is 0. The summed E-state index contributed by atoms with van der Waals surface area (Å²) in [6.45, 7) is 0. The van der Waals surface area contributed by atoms with E-state index in [-0.39, 0.29) is 17.8 Å². The summed E-state index contributed by atoms with van der Waals surface area (Å²) in [5, 5.41) is 5.87. The highest BCUT2D eigenvalue weighted by Gasteiger charge is 2.38. The van der Waals surface area contributed by atoms with Gasteiger partial charge in [-0.2, -0.15) is 0 Å². The Kier molecular flexibility index (Phi) is 4.91. The zero-order chi connectivity index (χ0) is 21.5. The molecule has 0 atom stereocenters. The van der Waals surface area contributed by atoms with Gasteiger partial charge in [0.15, 0.2) is 0 Å². The number of amides is 4. The van der Waals surface area contributed by atoms with Crippen LogP contribution in [0.15, 0.2) is 66.7 Å². The molecule has 4 amide bonds. The maximum Gasteiger partial charge on any atom is 0.323 e. The van der Waals surface area contributed by atoms with Crippen molar-refractivity contribution >= 4 is 78.5 Å². The van der Waals surface area contributed by atoms with Crippen LogP contribution in [0.2, 0.25) is 0 Å². The highest BCUT2D eigenvalue weighted by atomic mass is 127. The van der Waals surface area contributed by atoms with Crippen LogP contribution in [-0.4, -0.2) is 22.8 Å². The van der Waals surface area contributed by atoms with Gasteiger partial charge >= 0.3 is 6.03 Å². The molecule has 5 rings (SSSR count). The van der Waals surface area contributed by atoms with Crippen LogP contribution in [0.1, 0.15) is 20.7 Å².